The molecule has 0 bridgehead atoms. The van der Waals surface area contributed by atoms with Gasteiger partial charge < -0.3 is 20.0 Å². The number of Topliss-reactive ketones (excluding diaryl/α,β-unsaturated/α-hetero) is 1. The van der Waals surface area contributed by atoms with Gasteiger partial charge in [-0.3, -0.25) is 9.59 Å². The van der Waals surface area contributed by atoms with E-state index in [0.717, 1.165) is 41.9 Å². The zero-order valence-electron chi connectivity index (χ0n) is 20.2. The molecule has 0 aromatic heterocycles. The highest BCUT2D eigenvalue weighted by Gasteiger charge is 2.46. The molecule has 2 aromatic carbocycles. The van der Waals surface area contributed by atoms with Crippen molar-refractivity contribution >= 4 is 17.4 Å². The number of aryl methyl sites for hydroxylation is 3. The number of carbonyl (C=O) groups is 2. The maximum absolute atomic E-state index is 13.2. The lowest BCUT2D eigenvalue weighted by Gasteiger charge is -2.27. The summed E-state index contributed by atoms with van der Waals surface area (Å²) < 4.78 is 0. The molecule has 0 saturated carbocycles. The largest absolute Gasteiger partial charge is 0.507 e. The summed E-state index contributed by atoms with van der Waals surface area (Å²) in [7, 11) is 0. The van der Waals surface area contributed by atoms with Crippen LogP contribution in [0.3, 0.4) is 0 Å². The Morgan fingerprint density at radius 2 is 1.61 bits per heavy atom. The van der Waals surface area contributed by atoms with Gasteiger partial charge in [0.25, 0.3) is 11.7 Å². The molecule has 2 N–H and O–H groups in total. The summed E-state index contributed by atoms with van der Waals surface area (Å²) in [5.74, 6) is -1.81. The van der Waals surface area contributed by atoms with Crippen molar-refractivity contribution in [3.63, 3.8) is 0 Å². The van der Waals surface area contributed by atoms with Gasteiger partial charge in [-0.05, 0) is 75.6 Å². The van der Waals surface area contributed by atoms with Crippen molar-refractivity contribution in [2.24, 2.45) is 0 Å². The average Bonchev–Trinajstić information content (AvgIpc) is 3.04. The Bertz CT molecular complexity index is 1070. The van der Waals surface area contributed by atoms with E-state index in [1.165, 1.54) is 0 Å². The lowest BCUT2D eigenvalue weighted by atomic mass is 9.93. The second kappa shape index (κ2) is 10.2. The molecule has 1 amide bonds. The third-order valence-corrected chi connectivity index (χ3v) is 6.57. The minimum atomic E-state index is -0.724. The quantitative estimate of drug-likeness (QED) is 0.352. The molecule has 0 radical (unpaired) electrons. The first kappa shape index (κ1) is 24.5. The summed E-state index contributed by atoms with van der Waals surface area (Å²) in [5, 5.41) is 21.7. The fourth-order valence-electron chi connectivity index (χ4n) is 4.35. The third-order valence-electron chi connectivity index (χ3n) is 6.57. The zero-order valence-corrected chi connectivity index (χ0v) is 20.2. The van der Waals surface area contributed by atoms with E-state index in [4.69, 9.17) is 0 Å². The van der Waals surface area contributed by atoms with Crippen LogP contribution in [0.2, 0.25) is 0 Å². The van der Waals surface area contributed by atoms with Crippen molar-refractivity contribution in [1.82, 2.24) is 9.80 Å². The molecule has 1 aliphatic heterocycles. The second-order valence-corrected chi connectivity index (χ2v) is 8.74. The number of ketones is 1. The fraction of sp³-hybridized carbons (Fsp3) is 0.407. The minimum Gasteiger partial charge on any atom is -0.507 e. The average molecular weight is 451 g/mol. The number of aliphatic hydroxyl groups is 1. The summed E-state index contributed by atoms with van der Waals surface area (Å²) in [6, 6.07) is 10.1. The Kier molecular flexibility index (Phi) is 7.59. The van der Waals surface area contributed by atoms with E-state index >= 15 is 0 Å². The van der Waals surface area contributed by atoms with Gasteiger partial charge in [-0.25, -0.2) is 0 Å². The Morgan fingerprint density at radius 1 is 1.00 bits per heavy atom. The molecule has 33 heavy (non-hydrogen) atoms. The minimum absolute atomic E-state index is 0.0187. The maximum atomic E-state index is 13.2. The Labute approximate surface area is 196 Å². The van der Waals surface area contributed by atoms with Gasteiger partial charge in [-0.1, -0.05) is 43.7 Å². The van der Waals surface area contributed by atoms with Crippen LogP contribution in [0.25, 0.3) is 5.76 Å². The van der Waals surface area contributed by atoms with Crippen LogP contribution >= 0.6 is 0 Å². The molecule has 1 aliphatic rings. The Morgan fingerprint density at radius 3 is 2.21 bits per heavy atom. The molecule has 2 aromatic rings. The van der Waals surface area contributed by atoms with Crippen molar-refractivity contribution in [1.29, 1.82) is 0 Å². The number of likely N-dealkylation sites (tertiary alicyclic amines) is 1. The van der Waals surface area contributed by atoms with E-state index in [9.17, 15) is 19.8 Å². The molecular formula is C27H34N2O4. The molecular weight excluding hydrogens is 416 g/mol. The highest BCUT2D eigenvalue weighted by molar-refractivity contribution is 6.46. The standard InChI is InChI=1S/C27H34N2O4/c1-6-28(7-2)13-8-14-29-24(20-11-9-17(3)10-12-20)23(26(32)27(29)33)25(31)21-15-18(4)19(5)16-22(21)30/h9-12,15-16,24,30-31H,6-8,13-14H2,1-5H3. The third kappa shape index (κ3) is 4.96. The summed E-state index contributed by atoms with van der Waals surface area (Å²) >= 11 is 0. The smallest absolute Gasteiger partial charge is 0.295 e. The summed E-state index contributed by atoms with van der Waals surface area (Å²) in [6.07, 6.45) is 0.714. The van der Waals surface area contributed by atoms with Gasteiger partial charge in [0, 0.05) is 6.54 Å². The van der Waals surface area contributed by atoms with E-state index in [2.05, 4.69) is 18.7 Å². The molecule has 1 saturated heterocycles. The predicted molar refractivity (Wildman–Crippen MR) is 130 cm³/mol. The van der Waals surface area contributed by atoms with Crippen LogP contribution in [0.4, 0.5) is 0 Å². The van der Waals surface area contributed by atoms with Crippen LogP contribution in [0.1, 0.15) is 54.1 Å². The fourth-order valence-corrected chi connectivity index (χ4v) is 4.35. The Balaban J connectivity index is 2.08. The van der Waals surface area contributed by atoms with E-state index in [1.807, 2.05) is 45.0 Å². The first-order valence-electron chi connectivity index (χ1n) is 11.6. The van der Waals surface area contributed by atoms with Crippen molar-refractivity contribution in [2.45, 2.75) is 47.1 Å². The highest BCUT2D eigenvalue weighted by Crippen LogP contribution is 2.41. The molecule has 1 fully saturated rings. The number of benzene rings is 2. The number of amides is 1. The van der Waals surface area contributed by atoms with Crippen molar-refractivity contribution < 1.29 is 19.8 Å². The van der Waals surface area contributed by atoms with Gasteiger partial charge in [-0.15, -0.1) is 0 Å². The molecule has 176 valence electrons. The second-order valence-electron chi connectivity index (χ2n) is 8.74. The number of phenolic OH excluding ortho intramolecular Hbond substituents is 1. The summed E-state index contributed by atoms with van der Waals surface area (Å²) in [5.41, 5.74) is 3.74. The van der Waals surface area contributed by atoms with Crippen LogP contribution < -0.4 is 0 Å². The van der Waals surface area contributed by atoms with Crippen LogP contribution in [0, 0.1) is 20.8 Å². The topological polar surface area (TPSA) is 81.1 Å². The number of nitrogens with zero attached hydrogens (tertiary/aromatic N) is 2. The normalized spacial score (nSPS) is 17.9. The van der Waals surface area contributed by atoms with E-state index in [1.54, 1.807) is 17.0 Å². The van der Waals surface area contributed by atoms with Gasteiger partial charge in [0.1, 0.15) is 11.5 Å². The summed E-state index contributed by atoms with van der Waals surface area (Å²) in [6.45, 7) is 12.9. The maximum Gasteiger partial charge on any atom is 0.295 e. The molecule has 0 spiro atoms. The number of aliphatic hydroxyl groups excluding tert-OH is 1. The van der Waals surface area contributed by atoms with Crippen LogP contribution in [-0.4, -0.2) is 57.9 Å². The van der Waals surface area contributed by atoms with Gasteiger partial charge >= 0.3 is 0 Å². The number of aromatic hydroxyl groups is 1. The van der Waals surface area contributed by atoms with Crippen LogP contribution in [0.15, 0.2) is 42.0 Å². The Hall–Kier alpha value is -3.12. The predicted octanol–water partition coefficient (Wildman–Crippen LogP) is 4.47. The monoisotopic (exact) mass is 450 g/mol. The molecule has 6 nitrogen and oxygen atoms in total. The molecule has 1 heterocycles. The van der Waals surface area contributed by atoms with E-state index < -0.39 is 17.7 Å². The molecule has 1 atom stereocenters. The lowest BCUT2D eigenvalue weighted by molar-refractivity contribution is -0.140. The molecule has 6 heteroatoms. The number of phenols is 1. The molecule has 3 rings (SSSR count). The van der Waals surface area contributed by atoms with Crippen molar-refractivity contribution in [3.05, 3.63) is 69.8 Å². The SMILES string of the molecule is CCN(CC)CCCN1C(=O)C(=O)C(=C(O)c2cc(C)c(C)cc2O)C1c1ccc(C)cc1. The zero-order chi connectivity index (χ0) is 24.3. The molecule has 1 unspecified atom stereocenters. The number of hydrogen-bond acceptors (Lipinski definition) is 5. The number of rotatable bonds is 8. The van der Waals surface area contributed by atoms with Gasteiger partial charge in [0.05, 0.1) is 17.2 Å². The van der Waals surface area contributed by atoms with Crippen molar-refractivity contribution in [2.75, 3.05) is 26.2 Å². The molecule has 0 aliphatic carbocycles. The summed E-state index contributed by atoms with van der Waals surface area (Å²) in [4.78, 5) is 30.1. The van der Waals surface area contributed by atoms with E-state index in [-0.39, 0.29) is 22.6 Å². The van der Waals surface area contributed by atoms with Gasteiger partial charge in [0.15, 0.2) is 0 Å². The van der Waals surface area contributed by atoms with Crippen LogP contribution in [0.5, 0.6) is 5.75 Å². The van der Waals surface area contributed by atoms with Crippen LogP contribution in [-0.2, 0) is 9.59 Å². The van der Waals surface area contributed by atoms with E-state index in [0.29, 0.717) is 13.0 Å². The highest BCUT2D eigenvalue weighted by atomic mass is 16.3. The first-order chi connectivity index (χ1) is 15.7. The van der Waals surface area contributed by atoms with Gasteiger partial charge in [-0.2, -0.15) is 0 Å². The van der Waals surface area contributed by atoms with Crippen molar-refractivity contribution in [3.8, 4) is 5.75 Å². The number of carbonyl (C=O) groups excluding carboxylic acids is 2. The first-order valence-corrected chi connectivity index (χ1v) is 11.6. The van der Waals surface area contributed by atoms with Gasteiger partial charge in [0.2, 0.25) is 0 Å². The lowest BCUT2D eigenvalue weighted by Crippen LogP contribution is -2.33. The number of hydrogen-bond donors (Lipinski definition) is 2.